The summed E-state index contributed by atoms with van der Waals surface area (Å²) in [4.78, 5) is 41.7. The molecule has 4 aromatic rings. The lowest BCUT2D eigenvalue weighted by atomic mass is 9.91. The summed E-state index contributed by atoms with van der Waals surface area (Å²) in [6, 6.07) is 30.4. The van der Waals surface area contributed by atoms with Crippen LogP contribution in [0.2, 0.25) is 0 Å². The van der Waals surface area contributed by atoms with Crippen molar-refractivity contribution in [1.29, 1.82) is 0 Å². The molecule has 1 aliphatic heterocycles. The van der Waals surface area contributed by atoms with Crippen LogP contribution in [0.15, 0.2) is 109 Å². The predicted molar refractivity (Wildman–Crippen MR) is 166 cm³/mol. The van der Waals surface area contributed by atoms with Gasteiger partial charge in [-0.25, -0.2) is 4.79 Å². The molecule has 0 spiro atoms. The van der Waals surface area contributed by atoms with E-state index in [4.69, 9.17) is 11.5 Å². The van der Waals surface area contributed by atoms with Gasteiger partial charge < -0.3 is 31.5 Å². The van der Waals surface area contributed by atoms with Gasteiger partial charge in [0.2, 0.25) is 11.8 Å². The Labute approximate surface area is 256 Å². The quantitative estimate of drug-likeness (QED) is 0.223. The monoisotopic (exact) mass is 592 g/mol. The van der Waals surface area contributed by atoms with Gasteiger partial charge in [-0.3, -0.25) is 9.59 Å². The van der Waals surface area contributed by atoms with Crippen LogP contribution in [0.1, 0.15) is 43.0 Å². The minimum Gasteiger partial charge on any atom is -0.388 e. The van der Waals surface area contributed by atoms with Gasteiger partial charge in [-0.15, -0.1) is 0 Å². The fraction of sp³-hybridized carbons (Fsp3) is 0.229. The van der Waals surface area contributed by atoms with E-state index in [0.29, 0.717) is 22.3 Å². The van der Waals surface area contributed by atoms with Crippen molar-refractivity contribution in [2.75, 3.05) is 0 Å². The molecule has 5 rings (SSSR count). The molecule has 9 nitrogen and oxygen atoms in total. The molecule has 1 saturated heterocycles. The van der Waals surface area contributed by atoms with Crippen LogP contribution < -0.4 is 11.5 Å². The zero-order chi connectivity index (χ0) is 31.2. The van der Waals surface area contributed by atoms with Crippen LogP contribution in [0.25, 0.3) is 0 Å². The lowest BCUT2D eigenvalue weighted by Crippen LogP contribution is -2.50. The Bertz CT molecular complexity index is 1490. The van der Waals surface area contributed by atoms with Crippen molar-refractivity contribution in [3.63, 3.8) is 0 Å². The van der Waals surface area contributed by atoms with Gasteiger partial charge in [0.1, 0.15) is 12.2 Å². The fourth-order valence-electron chi connectivity index (χ4n) is 5.85. The molecule has 0 bridgehead atoms. The minimum absolute atomic E-state index is 0.0527. The molecule has 1 aliphatic rings. The van der Waals surface area contributed by atoms with E-state index in [1.807, 2.05) is 60.7 Å². The number of benzene rings is 4. The molecular formula is C35H36N4O5. The Morgan fingerprint density at radius 1 is 0.568 bits per heavy atom. The average molecular weight is 593 g/mol. The summed E-state index contributed by atoms with van der Waals surface area (Å²) in [7, 11) is 0. The Morgan fingerprint density at radius 3 is 1.30 bits per heavy atom. The molecule has 6 N–H and O–H groups in total. The highest BCUT2D eigenvalue weighted by molar-refractivity contribution is 5.93. The van der Waals surface area contributed by atoms with Crippen LogP contribution >= 0.6 is 0 Å². The Kier molecular flexibility index (Phi) is 9.38. The van der Waals surface area contributed by atoms with Gasteiger partial charge in [0.05, 0.1) is 12.1 Å². The van der Waals surface area contributed by atoms with Crippen molar-refractivity contribution in [1.82, 2.24) is 9.80 Å². The van der Waals surface area contributed by atoms with Crippen molar-refractivity contribution >= 4 is 17.8 Å². The molecule has 0 aliphatic carbocycles. The molecule has 4 amide bonds. The SMILES string of the molecule is NC(=O)c1cccc(CN2C(=O)N(Cc3cccc(C(N)=O)c3)[C@H](Cc3ccccc3)[C@H](O)[C@@H](O)[C@H]2Cc2ccccc2)c1. The van der Waals surface area contributed by atoms with Gasteiger partial charge in [0.15, 0.2) is 0 Å². The van der Waals surface area contributed by atoms with Gasteiger partial charge in [0, 0.05) is 24.2 Å². The first-order valence-electron chi connectivity index (χ1n) is 14.5. The first-order valence-corrected chi connectivity index (χ1v) is 14.5. The predicted octanol–water partition coefficient (Wildman–Crippen LogP) is 3.27. The second kappa shape index (κ2) is 13.5. The van der Waals surface area contributed by atoms with Crippen molar-refractivity contribution in [3.05, 3.63) is 143 Å². The van der Waals surface area contributed by atoms with Crippen molar-refractivity contribution in [2.24, 2.45) is 11.5 Å². The van der Waals surface area contributed by atoms with E-state index in [-0.39, 0.29) is 25.9 Å². The molecule has 4 atom stereocenters. The smallest absolute Gasteiger partial charge is 0.321 e. The summed E-state index contributed by atoms with van der Waals surface area (Å²) in [6.45, 7) is 0.105. The van der Waals surface area contributed by atoms with Crippen LogP contribution in [0.5, 0.6) is 0 Å². The highest BCUT2D eigenvalue weighted by Crippen LogP contribution is 2.30. The lowest BCUT2D eigenvalue weighted by Gasteiger charge is -2.36. The maximum absolute atomic E-state index is 14.7. The van der Waals surface area contributed by atoms with E-state index in [0.717, 1.165) is 11.1 Å². The third kappa shape index (κ3) is 6.96. The molecule has 1 fully saturated rings. The maximum Gasteiger partial charge on any atom is 0.321 e. The second-order valence-electron chi connectivity index (χ2n) is 11.2. The average Bonchev–Trinajstić information content (AvgIpc) is 3.09. The van der Waals surface area contributed by atoms with Gasteiger partial charge in [0.25, 0.3) is 0 Å². The number of hydrogen-bond donors (Lipinski definition) is 4. The van der Waals surface area contributed by atoms with Crippen LogP contribution in [-0.4, -0.2) is 62.1 Å². The second-order valence-corrected chi connectivity index (χ2v) is 11.2. The van der Waals surface area contributed by atoms with Crippen LogP contribution in [0.4, 0.5) is 4.79 Å². The topological polar surface area (TPSA) is 150 Å². The Balaban J connectivity index is 1.61. The van der Waals surface area contributed by atoms with Crippen LogP contribution in [-0.2, 0) is 25.9 Å². The van der Waals surface area contributed by atoms with Crippen molar-refractivity contribution < 1.29 is 24.6 Å². The number of nitrogens with two attached hydrogens (primary N) is 2. The number of carbonyl (C=O) groups excluding carboxylic acids is 3. The van der Waals surface area contributed by atoms with E-state index in [2.05, 4.69) is 0 Å². The third-order valence-electron chi connectivity index (χ3n) is 8.13. The third-order valence-corrected chi connectivity index (χ3v) is 8.13. The van der Waals surface area contributed by atoms with Gasteiger partial charge in [-0.1, -0.05) is 84.9 Å². The summed E-state index contributed by atoms with van der Waals surface area (Å²) in [5.41, 5.74) is 14.7. The summed E-state index contributed by atoms with van der Waals surface area (Å²) < 4.78 is 0. The number of aliphatic hydroxyl groups is 2. The summed E-state index contributed by atoms with van der Waals surface area (Å²) >= 11 is 0. The number of nitrogens with zero attached hydrogens (tertiary/aromatic N) is 2. The molecule has 0 aromatic heterocycles. The van der Waals surface area contributed by atoms with E-state index in [1.54, 1.807) is 58.3 Å². The summed E-state index contributed by atoms with van der Waals surface area (Å²) in [5.74, 6) is -1.19. The largest absolute Gasteiger partial charge is 0.388 e. The lowest BCUT2D eigenvalue weighted by molar-refractivity contribution is -0.0408. The first-order chi connectivity index (χ1) is 21.2. The molecule has 44 heavy (non-hydrogen) atoms. The molecule has 0 unspecified atom stereocenters. The standard InChI is InChI=1S/C35H36N4O5/c36-33(42)27-15-7-13-25(17-27)21-38-29(19-23-9-3-1-4-10-23)31(40)32(41)30(20-24-11-5-2-6-12-24)39(35(38)44)22-26-14-8-16-28(18-26)34(37)43/h1-18,29-32,40-41H,19-22H2,(H2,36,42)(H2,37,43)/t29-,30-,31+,32+/m1/s1. The van der Waals surface area contributed by atoms with Crippen molar-refractivity contribution in [3.8, 4) is 0 Å². The number of amides is 4. The van der Waals surface area contributed by atoms with Crippen LogP contribution in [0, 0.1) is 0 Å². The molecule has 0 saturated carbocycles. The molecule has 1 heterocycles. The first kappa shape index (κ1) is 30.5. The zero-order valence-electron chi connectivity index (χ0n) is 24.2. The van der Waals surface area contributed by atoms with E-state index < -0.39 is 42.1 Å². The molecule has 226 valence electrons. The van der Waals surface area contributed by atoms with E-state index in [1.165, 1.54) is 0 Å². The van der Waals surface area contributed by atoms with E-state index >= 15 is 0 Å². The highest BCUT2D eigenvalue weighted by atomic mass is 16.3. The van der Waals surface area contributed by atoms with Crippen LogP contribution in [0.3, 0.4) is 0 Å². The summed E-state index contributed by atoms with van der Waals surface area (Å²) in [6.07, 6.45) is -2.06. The Morgan fingerprint density at radius 2 is 0.932 bits per heavy atom. The number of primary amides is 2. The van der Waals surface area contributed by atoms with Crippen molar-refractivity contribution in [2.45, 2.75) is 50.2 Å². The number of carbonyl (C=O) groups is 3. The number of rotatable bonds is 10. The zero-order valence-corrected chi connectivity index (χ0v) is 24.2. The normalized spacial score (nSPS) is 20.3. The maximum atomic E-state index is 14.7. The Hall–Kier alpha value is -4.99. The highest BCUT2D eigenvalue weighted by Gasteiger charge is 2.46. The molecular weight excluding hydrogens is 556 g/mol. The molecule has 9 heteroatoms. The molecule has 4 aromatic carbocycles. The summed E-state index contributed by atoms with van der Waals surface area (Å²) in [5, 5.41) is 23.7. The van der Waals surface area contributed by atoms with Gasteiger partial charge >= 0.3 is 6.03 Å². The van der Waals surface area contributed by atoms with Gasteiger partial charge in [-0.05, 0) is 59.4 Å². The molecule has 0 radical (unpaired) electrons. The van der Waals surface area contributed by atoms with E-state index in [9.17, 15) is 24.6 Å². The van der Waals surface area contributed by atoms with Gasteiger partial charge in [-0.2, -0.15) is 0 Å². The number of hydrogen-bond acceptors (Lipinski definition) is 5. The fourth-order valence-corrected chi connectivity index (χ4v) is 5.85. The number of urea groups is 1. The minimum atomic E-state index is -1.31. The number of aliphatic hydroxyl groups excluding tert-OH is 2.